The Hall–Kier alpha value is -1.09. The fraction of sp³-hybridized carbons (Fsp3) is 0.500. The molecular formula is C12H15FN2. The number of rotatable bonds is 3. The first-order valence-electron chi connectivity index (χ1n) is 5.60. The van der Waals surface area contributed by atoms with E-state index in [-0.39, 0.29) is 5.82 Å². The molecule has 0 saturated heterocycles. The predicted molar refractivity (Wildman–Crippen MR) is 58.7 cm³/mol. The number of halogens is 1. The van der Waals surface area contributed by atoms with Gasteiger partial charge in [-0.2, -0.15) is 0 Å². The van der Waals surface area contributed by atoms with E-state index in [1.54, 1.807) is 12.1 Å². The van der Waals surface area contributed by atoms with E-state index in [0.29, 0.717) is 12.0 Å². The van der Waals surface area contributed by atoms with Gasteiger partial charge in [0.15, 0.2) is 0 Å². The Morgan fingerprint density at radius 2 is 2.27 bits per heavy atom. The fourth-order valence-corrected chi connectivity index (χ4v) is 2.21. The summed E-state index contributed by atoms with van der Waals surface area (Å²) in [4.78, 5) is 0. The molecule has 2 nitrogen and oxygen atoms in total. The molecule has 1 saturated carbocycles. The topological polar surface area (TPSA) is 24.1 Å². The zero-order valence-electron chi connectivity index (χ0n) is 8.59. The van der Waals surface area contributed by atoms with Crippen molar-refractivity contribution in [2.45, 2.75) is 24.8 Å². The second kappa shape index (κ2) is 3.49. The molecule has 3 heteroatoms. The van der Waals surface area contributed by atoms with Gasteiger partial charge in [0, 0.05) is 36.3 Å². The fourth-order valence-electron chi connectivity index (χ4n) is 2.21. The van der Waals surface area contributed by atoms with Crippen LogP contribution in [0.1, 0.15) is 24.3 Å². The minimum absolute atomic E-state index is 0.0694. The summed E-state index contributed by atoms with van der Waals surface area (Å²) in [6.45, 7) is 1.75. The summed E-state index contributed by atoms with van der Waals surface area (Å²) >= 11 is 0. The number of fused-ring (bicyclic) bond motifs is 1. The van der Waals surface area contributed by atoms with Crippen LogP contribution in [0.3, 0.4) is 0 Å². The lowest BCUT2D eigenvalue weighted by Crippen LogP contribution is -2.24. The van der Waals surface area contributed by atoms with E-state index in [0.717, 1.165) is 24.3 Å². The average molecular weight is 206 g/mol. The van der Waals surface area contributed by atoms with E-state index in [2.05, 4.69) is 10.6 Å². The van der Waals surface area contributed by atoms with Gasteiger partial charge in [-0.15, -0.1) is 0 Å². The van der Waals surface area contributed by atoms with Crippen LogP contribution in [0.5, 0.6) is 0 Å². The van der Waals surface area contributed by atoms with Gasteiger partial charge in [0.1, 0.15) is 5.82 Å². The van der Waals surface area contributed by atoms with Crippen molar-refractivity contribution in [2.75, 3.05) is 18.4 Å². The summed E-state index contributed by atoms with van der Waals surface area (Å²) in [6.07, 6.45) is 2.56. The molecule has 1 aromatic rings. The molecule has 0 radical (unpaired) electrons. The molecule has 15 heavy (non-hydrogen) atoms. The maximum absolute atomic E-state index is 13.6. The van der Waals surface area contributed by atoms with Crippen molar-refractivity contribution in [3.8, 4) is 0 Å². The van der Waals surface area contributed by atoms with Crippen LogP contribution in [0, 0.1) is 5.82 Å². The number of hydrogen-bond acceptors (Lipinski definition) is 2. The van der Waals surface area contributed by atoms with Crippen molar-refractivity contribution < 1.29 is 4.39 Å². The van der Waals surface area contributed by atoms with E-state index in [1.165, 1.54) is 12.8 Å². The smallest absolute Gasteiger partial charge is 0.128 e. The van der Waals surface area contributed by atoms with Gasteiger partial charge < -0.3 is 10.6 Å². The van der Waals surface area contributed by atoms with Crippen LogP contribution >= 0.6 is 0 Å². The zero-order chi connectivity index (χ0) is 10.3. The first-order chi connectivity index (χ1) is 7.34. The Bertz CT molecular complexity index is 374. The first kappa shape index (κ1) is 9.16. The molecule has 0 aromatic heterocycles. The van der Waals surface area contributed by atoms with Crippen molar-refractivity contribution in [1.29, 1.82) is 0 Å². The van der Waals surface area contributed by atoms with Crippen molar-refractivity contribution >= 4 is 5.69 Å². The number of anilines is 1. The molecule has 0 amide bonds. The van der Waals surface area contributed by atoms with E-state index >= 15 is 0 Å². The Kier molecular flexibility index (Phi) is 2.13. The van der Waals surface area contributed by atoms with E-state index in [9.17, 15) is 4.39 Å². The number of benzene rings is 1. The summed E-state index contributed by atoms with van der Waals surface area (Å²) in [6, 6.07) is 5.96. The Morgan fingerprint density at radius 3 is 3.07 bits per heavy atom. The summed E-state index contributed by atoms with van der Waals surface area (Å²) in [5.74, 6) is 0.224. The third-order valence-electron chi connectivity index (χ3n) is 3.23. The molecule has 1 aromatic carbocycles. The van der Waals surface area contributed by atoms with Gasteiger partial charge in [0.05, 0.1) is 0 Å². The van der Waals surface area contributed by atoms with Gasteiger partial charge >= 0.3 is 0 Å². The van der Waals surface area contributed by atoms with Crippen LogP contribution in [0.15, 0.2) is 18.2 Å². The molecule has 0 spiro atoms. The van der Waals surface area contributed by atoms with Crippen molar-refractivity contribution in [3.63, 3.8) is 0 Å². The first-order valence-corrected chi connectivity index (χ1v) is 5.60. The minimum atomic E-state index is -0.0694. The molecule has 2 N–H and O–H groups in total. The molecule has 2 aliphatic rings. The lowest BCUT2D eigenvalue weighted by atomic mass is 10.0. The largest absolute Gasteiger partial charge is 0.384 e. The highest BCUT2D eigenvalue weighted by atomic mass is 19.1. The van der Waals surface area contributed by atoms with Crippen molar-refractivity contribution in [1.82, 2.24) is 5.32 Å². The average Bonchev–Trinajstić information content (AvgIpc) is 2.96. The highest BCUT2D eigenvalue weighted by Gasteiger charge is 2.28. The monoisotopic (exact) mass is 206 g/mol. The van der Waals surface area contributed by atoms with Crippen LogP contribution in [0.4, 0.5) is 10.1 Å². The van der Waals surface area contributed by atoms with Crippen LogP contribution in [0.25, 0.3) is 0 Å². The van der Waals surface area contributed by atoms with Crippen molar-refractivity contribution in [3.05, 3.63) is 29.6 Å². The molecular weight excluding hydrogens is 191 g/mol. The molecule has 0 bridgehead atoms. The van der Waals surface area contributed by atoms with E-state index in [1.807, 2.05) is 6.07 Å². The summed E-state index contributed by atoms with van der Waals surface area (Å²) in [5.41, 5.74) is 1.84. The zero-order valence-corrected chi connectivity index (χ0v) is 8.59. The number of hydrogen-bond donors (Lipinski definition) is 2. The Labute approximate surface area is 88.9 Å². The van der Waals surface area contributed by atoms with Crippen LogP contribution < -0.4 is 10.6 Å². The maximum Gasteiger partial charge on any atom is 0.128 e. The summed E-state index contributed by atoms with van der Waals surface area (Å²) in [7, 11) is 0. The second-order valence-corrected chi connectivity index (χ2v) is 4.46. The van der Waals surface area contributed by atoms with Crippen molar-refractivity contribution in [2.24, 2.45) is 0 Å². The molecule has 1 unspecified atom stereocenters. The third-order valence-corrected chi connectivity index (χ3v) is 3.23. The lowest BCUT2D eigenvalue weighted by molar-refractivity contribution is 0.563. The molecule has 80 valence electrons. The van der Waals surface area contributed by atoms with Crippen LogP contribution in [-0.4, -0.2) is 19.1 Å². The quantitative estimate of drug-likeness (QED) is 0.791. The van der Waals surface area contributed by atoms with Gasteiger partial charge in [-0.1, -0.05) is 6.07 Å². The lowest BCUT2D eigenvalue weighted by Gasteiger charge is -2.11. The SMILES string of the molecule is Fc1cccc2c1C(CNC1CC1)CN2. The van der Waals surface area contributed by atoms with Gasteiger partial charge in [-0.05, 0) is 25.0 Å². The van der Waals surface area contributed by atoms with Crippen LogP contribution in [0.2, 0.25) is 0 Å². The molecule has 1 fully saturated rings. The Morgan fingerprint density at radius 1 is 1.40 bits per heavy atom. The minimum Gasteiger partial charge on any atom is -0.384 e. The van der Waals surface area contributed by atoms with E-state index < -0.39 is 0 Å². The van der Waals surface area contributed by atoms with Gasteiger partial charge in [-0.3, -0.25) is 0 Å². The summed E-state index contributed by atoms with van der Waals surface area (Å²) in [5, 5.41) is 6.72. The highest BCUT2D eigenvalue weighted by Crippen LogP contribution is 2.33. The van der Waals surface area contributed by atoms with Crippen LogP contribution in [-0.2, 0) is 0 Å². The molecule has 1 atom stereocenters. The normalized spacial score (nSPS) is 23.7. The van der Waals surface area contributed by atoms with E-state index in [4.69, 9.17) is 0 Å². The summed E-state index contributed by atoms with van der Waals surface area (Å²) < 4.78 is 13.6. The standard InChI is InChI=1S/C12H15FN2/c13-10-2-1-3-11-12(10)8(7-15-11)6-14-9-4-5-9/h1-3,8-9,14-15H,4-7H2. The third kappa shape index (κ3) is 1.72. The molecule has 1 aliphatic heterocycles. The van der Waals surface area contributed by atoms with Gasteiger partial charge in [0.25, 0.3) is 0 Å². The van der Waals surface area contributed by atoms with Gasteiger partial charge in [0.2, 0.25) is 0 Å². The molecule has 1 heterocycles. The van der Waals surface area contributed by atoms with Gasteiger partial charge in [-0.25, -0.2) is 4.39 Å². The highest BCUT2D eigenvalue weighted by molar-refractivity contribution is 5.58. The second-order valence-electron chi connectivity index (χ2n) is 4.46. The maximum atomic E-state index is 13.6. The Balaban J connectivity index is 1.77. The number of nitrogens with one attached hydrogen (secondary N) is 2. The molecule has 1 aliphatic carbocycles. The molecule has 3 rings (SSSR count). The predicted octanol–water partition coefficient (Wildman–Crippen LogP) is 2.09.